The molecule has 0 saturated heterocycles. The largest absolute Gasteiger partial charge is 0.396 e. The van der Waals surface area contributed by atoms with Gasteiger partial charge in [-0.15, -0.1) is 10.2 Å². The summed E-state index contributed by atoms with van der Waals surface area (Å²) in [7, 11) is 0. The summed E-state index contributed by atoms with van der Waals surface area (Å²) in [5, 5.41) is 11.4. The molecule has 2 aromatic heterocycles. The maximum atomic E-state index is 14.5. The Morgan fingerprint density at radius 2 is 2.08 bits per heavy atom. The van der Waals surface area contributed by atoms with Gasteiger partial charge in [-0.25, -0.2) is 4.39 Å². The fourth-order valence-electron chi connectivity index (χ4n) is 2.80. The number of rotatable bonds is 3. The summed E-state index contributed by atoms with van der Waals surface area (Å²) in [5.74, 6) is -0.787. The summed E-state index contributed by atoms with van der Waals surface area (Å²) >= 11 is 0. The Morgan fingerprint density at radius 3 is 2.80 bits per heavy atom. The van der Waals surface area contributed by atoms with Gasteiger partial charge in [0.05, 0.1) is 5.69 Å². The molecule has 7 heteroatoms. The van der Waals surface area contributed by atoms with Crippen molar-refractivity contribution in [1.82, 2.24) is 20.5 Å². The Kier molecular flexibility index (Phi) is 3.56. The number of hydrogen-bond donors (Lipinski definition) is 2. The lowest BCUT2D eigenvalue weighted by Crippen LogP contribution is -2.27. The third-order valence-electron chi connectivity index (χ3n) is 4.36. The minimum Gasteiger partial charge on any atom is -0.396 e. The fraction of sp³-hybridized carbons (Fsp3) is 0.222. The van der Waals surface area contributed by atoms with E-state index in [1.54, 1.807) is 18.5 Å². The Balaban J connectivity index is 1.90. The molecule has 0 aliphatic heterocycles. The quantitative estimate of drug-likeness (QED) is 0.766. The first kappa shape index (κ1) is 15.4. The van der Waals surface area contributed by atoms with Crippen LogP contribution in [0.5, 0.6) is 0 Å². The highest BCUT2D eigenvalue weighted by Crippen LogP contribution is 2.34. The highest BCUT2D eigenvalue weighted by Gasteiger charge is 2.26. The number of benzene rings is 1. The minimum absolute atomic E-state index is 0.0693. The van der Waals surface area contributed by atoms with Crippen molar-refractivity contribution in [2.24, 2.45) is 0 Å². The van der Waals surface area contributed by atoms with E-state index in [4.69, 9.17) is 5.73 Å². The number of pyridine rings is 1. The number of nitrogens with two attached hydrogens (primary N) is 1. The standard InChI is InChI=1S/C18H16FN5O/c1-9-6-7-21-8-12(9)14-13(19)5-4-11-15(20)17(24-23-16(11)14)18(25)22-10-2-3-10/h4-8,10H,2-3H2,1H3,(H2,20,23)(H,22,25). The molecular formula is C18H16FN5O. The van der Waals surface area contributed by atoms with Crippen LogP contribution < -0.4 is 11.1 Å². The maximum absolute atomic E-state index is 14.5. The van der Waals surface area contributed by atoms with Crippen molar-refractivity contribution in [3.63, 3.8) is 0 Å². The summed E-state index contributed by atoms with van der Waals surface area (Å²) in [4.78, 5) is 16.3. The first-order valence-electron chi connectivity index (χ1n) is 8.02. The van der Waals surface area contributed by atoms with Crippen molar-refractivity contribution in [2.45, 2.75) is 25.8 Å². The van der Waals surface area contributed by atoms with Crippen LogP contribution in [0.3, 0.4) is 0 Å². The van der Waals surface area contributed by atoms with Crippen molar-refractivity contribution in [1.29, 1.82) is 0 Å². The number of nitrogen functional groups attached to an aromatic ring is 1. The highest BCUT2D eigenvalue weighted by molar-refractivity contribution is 6.07. The second-order valence-electron chi connectivity index (χ2n) is 6.22. The summed E-state index contributed by atoms with van der Waals surface area (Å²) in [6.45, 7) is 1.86. The van der Waals surface area contributed by atoms with Gasteiger partial charge in [0.25, 0.3) is 5.91 Å². The van der Waals surface area contributed by atoms with Gasteiger partial charge in [0, 0.05) is 34.9 Å². The number of fused-ring (bicyclic) bond motifs is 1. The van der Waals surface area contributed by atoms with Crippen LogP contribution in [0.2, 0.25) is 0 Å². The van der Waals surface area contributed by atoms with Gasteiger partial charge in [-0.3, -0.25) is 9.78 Å². The second-order valence-corrected chi connectivity index (χ2v) is 6.22. The number of amides is 1. The number of nitrogens with zero attached hydrogens (tertiary/aromatic N) is 3. The highest BCUT2D eigenvalue weighted by atomic mass is 19.1. The summed E-state index contributed by atoms with van der Waals surface area (Å²) in [6, 6.07) is 4.83. The van der Waals surface area contributed by atoms with E-state index < -0.39 is 5.82 Å². The van der Waals surface area contributed by atoms with E-state index in [9.17, 15) is 9.18 Å². The van der Waals surface area contributed by atoms with Gasteiger partial charge in [-0.05, 0) is 43.5 Å². The van der Waals surface area contributed by atoms with Crippen LogP contribution in [0.25, 0.3) is 22.0 Å². The molecule has 4 rings (SSSR count). The smallest absolute Gasteiger partial charge is 0.274 e. The molecule has 6 nitrogen and oxygen atoms in total. The van der Waals surface area contributed by atoms with Crippen LogP contribution >= 0.6 is 0 Å². The molecule has 1 aliphatic rings. The zero-order chi connectivity index (χ0) is 17.6. The number of nitrogens with one attached hydrogen (secondary N) is 1. The zero-order valence-electron chi connectivity index (χ0n) is 13.6. The van der Waals surface area contributed by atoms with E-state index >= 15 is 0 Å². The Hall–Kier alpha value is -3.09. The SMILES string of the molecule is Cc1ccncc1-c1c(F)ccc2c(N)c(C(=O)NC3CC3)nnc12. The first-order valence-corrected chi connectivity index (χ1v) is 8.02. The number of halogens is 1. The van der Waals surface area contributed by atoms with Crippen LogP contribution in [0.1, 0.15) is 28.9 Å². The zero-order valence-corrected chi connectivity index (χ0v) is 13.6. The molecule has 3 N–H and O–H groups in total. The van der Waals surface area contributed by atoms with Crippen LogP contribution in [0, 0.1) is 12.7 Å². The molecule has 1 saturated carbocycles. The van der Waals surface area contributed by atoms with Gasteiger partial charge in [0.15, 0.2) is 5.69 Å². The topological polar surface area (TPSA) is 93.8 Å². The van der Waals surface area contributed by atoms with Crippen LogP contribution in [0.4, 0.5) is 10.1 Å². The number of anilines is 1. The predicted molar refractivity (Wildman–Crippen MR) is 92.4 cm³/mol. The Labute approximate surface area is 143 Å². The molecule has 0 spiro atoms. The van der Waals surface area contributed by atoms with Gasteiger partial charge < -0.3 is 11.1 Å². The van der Waals surface area contributed by atoms with Crippen LogP contribution in [-0.2, 0) is 0 Å². The summed E-state index contributed by atoms with van der Waals surface area (Å²) in [6.07, 6.45) is 5.14. The average Bonchev–Trinajstić information content (AvgIpc) is 3.40. The second kappa shape index (κ2) is 5.77. The minimum atomic E-state index is -0.438. The first-order chi connectivity index (χ1) is 12.1. The maximum Gasteiger partial charge on any atom is 0.274 e. The van der Waals surface area contributed by atoms with Crippen LogP contribution in [-0.4, -0.2) is 27.1 Å². The number of hydrogen-bond acceptors (Lipinski definition) is 5. The third-order valence-corrected chi connectivity index (χ3v) is 4.36. The molecule has 1 fully saturated rings. The van der Waals surface area contributed by atoms with Crippen molar-refractivity contribution in [3.8, 4) is 11.1 Å². The van der Waals surface area contributed by atoms with Gasteiger partial charge >= 0.3 is 0 Å². The van der Waals surface area contributed by atoms with Crippen LogP contribution in [0.15, 0.2) is 30.6 Å². The third kappa shape index (κ3) is 2.67. The molecule has 1 aliphatic carbocycles. The van der Waals surface area contributed by atoms with E-state index in [1.165, 1.54) is 12.1 Å². The fourth-order valence-corrected chi connectivity index (χ4v) is 2.80. The van der Waals surface area contributed by atoms with E-state index in [2.05, 4.69) is 20.5 Å². The number of carbonyl (C=O) groups excluding carboxylic acids is 1. The van der Waals surface area contributed by atoms with Gasteiger partial charge in [0.2, 0.25) is 0 Å². The van der Waals surface area contributed by atoms with E-state index in [0.29, 0.717) is 16.5 Å². The molecule has 0 atom stereocenters. The number of carbonyl (C=O) groups is 1. The monoisotopic (exact) mass is 337 g/mol. The summed E-state index contributed by atoms with van der Waals surface area (Å²) < 4.78 is 14.5. The Morgan fingerprint density at radius 1 is 1.28 bits per heavy atom. The van der Waals surface area contributed by atoms with Crippen molar-refractivity contribution < 1.29 is 9.18 Å². The molecule has 25 heavy (non-hydrogen) atoms. The van der Waals surface area contributed by atoms with Crippen molar-refractivity contribution in [2.75, 3.05) is 5.73 Å². The van der Waals surface area contributed by atoms with Gasteiger partial charge in [0.1, 0.15) is 11.3 Å². The molecule has 126 valence electrons. The lowest BCUT2D eigenvalue weighted by Gasteiger charge is -2.12. The Bertz CT molecular complexity index is 1000. The predicted octanol–water partition coefficient (Wildman–Crippen LogP) is 2.61. The molecule has 0 unspecified atom stereocenters. The van der Waals surface area contributed by atoms with Gasteiger partial charge in [-0.1, -0.05) is 0 Å². The average molecular weight is 337 g/mol. The van der Waals surface area contributed by atoms with Crippen molar-refractivity contribution in [3.05, 3.63) is 47.7 Å². The molecule has 2 heterocycles. The molecule has 1 amide bonds. The van der Waals surface area contributed by atoms with E-state index in [-0.39, 0.29) is 28.9 Å². The molecule has 3 aromatic rings. The van der Waals surface area contributed by atoms with E-state index in [0.717, 1.165) is 18.4 Å². The van der Waals surface area contributed by atoms with E-state index in [1.807, 2.05) is 6.92 Å². The lowest BCUT2D eigenvalue weighted by molar-refractivity contribution is 0.0946. The molecule has 1 aromatic carbocycles. The molecule has 0 bridgehead atoms. The summed E-state index contributed by atoms with van der Waals surface area (Å²) in [5.41, 5.74) is 8.50. The van der Waals surface area contributed by atoms with Crippen molar-refractivity contribution >= 4 is 22.5 Å². The normalized spacial score (nSPS) is 13.8. The lowest BCUT2D eigenvalue weighted by atomic mass is 9.98. The van der Waals surface area contributed by atoms with Gasteiger partial charge in [-0.2, -0.15) is 0 Å². The number of aryl methyl sites for hydroxylation is 1. The number of aromatic nitrogens is 3. The molecule has 0 radical (unpaired) electrons. The molecular weight excluding hydrogens is 321 g/mol.